The van der Waals surface area contributed by atoms with Crippen LogP contribution in [0, 0.1) is 11.3 Å². The van der Waals surface area contributed by atoms with Gasteiger partial charge in [0.25, 0.3) is 0 Å². The third-order valence-corrected chi connectivity index (χ3v) is 3.69. The number of dihydropyridines is 1. The zero-order chi connectivity index (χ0) is 13.6. The molecule has 6 heteroatoms. The molecule has 18 heavy (non-hydrogen) atoms. The van der Waals surface area contributed by atoms with E-state index in [4.69, 9.17) is 14.6 Å². The first kappa shape index (κ1) is 13.1. The molecule has 2 rings (SSSR count). The summed E-state index contributed by atoms with van der Waals surface area (Å²) < 4.78 is 25.2. The fourth-order valence-electron chi connectivity index (χ4n) is 1.80. The number of rotatable bonds is 1. The zero-order valence-corrected chi connectivity index (χ0v) is 11.0. The number of hydrogen-bond acceptors (Lipinski definition) is 4. The van der Waals surface area contributed by atoms with Crippen molar-refractivity contribution < 1.29 is 13.7 Å². The van der Waals surface area contributed by atoms with E-state index in [2.05, 4.69) is 5.32 Å². The van der Waals surface area contributed by atoms with E-state index in [1.54, 1.807) is 6.07 Å². The Labute approximate surface area is 107 Å². The Morgan fingerprint density at radius 2 is 1.89 bits per heavy atom. The number of halogens is 1. The van der Waals surface area contributed by atoms with Gasteiger partial charge in [0, 0.05) is 6.54 Å². The lowest BCUT2D eigenvalue weighted by atomic mass is 9.76. The summed E-state index contributed by atoms with van der Waals surface area (Å²) in [7, 11) is -0.575. The van der Waals surface area contributed by atoms with Gasteiger partial charge in [0.15, 0.2) is 5.83 Å². The van der Waals surface area contributed by atoms with Crippen LogP contribution in [0.2, 0.25) is 0 Å². The molecule has 0 atom stereocenters. The molecule has 96 valence electrons. The zero-order valence-electron chi connectivity index (χ0n) is 11.0. The Morgan fingerprint density at radius 1 is 1.33 bits per heavy atom. The molecular weight excluding hydrogens is 234 g/mol. The van der Waals surface area contributed by atoms with E-state index in [0.29, 0.717) is 12.0 Å². The molecule has 0 aromatic rings. The van der Waals surface area contributed by atoms with Gasteiger partial charge in [0.05, 0.1) is 11.2 Å². The summed E-state index contributed by atoms with van der Waals surface area (Å²) in [5.74, 6) is -0.575. The Balaban J connectivity index is 2.23. The van der Waals surface area contributed by atoms with Gasteiger partial charge in [-0.1, -0.05) is 0 Å². The van der Waals surface area contributed by atoms with E-state index in [1.165, 1.54) is 6.08 Å². The summed E-state index contributed by atoms with van der Waals surface area (Å²) in [5.41, 5.74) is -0.289. The van der Waals surface area contributed by atoms with E-state index in [9.17, 15) is 4.39 Å². The first-order chi connectivity index (χ1) is 8.27. The number of hydrogen-bond donors (Lipinski definition) is 1. The molecule has 0 amide bonds. The van der Waals surface area contributed by atoms with Crippen LogP contribution in [0.4, 0.5) is 4.39 Å². The second-order valence-corrected chi connectivity index (χ2v) is 5.50. The predicted molar refractivity (Wildman–Crippen MR) is 65.9 cm³/mol. The number of nitrogens with one attached hydrogen (secondary N) is 1. The Morgan fingerprint density at radius 3 is 2.33 bits per heavy atom. The van der Waals surface area contributed by atoms with Gasteiger partial charge in [-0.3, -0.25) is 0 Å². The average Bonchev–Trinajstić information content (AvgIpc) is 2.48. The molecule has 0 radical (unpaired) electrons. The highest BCUT2D eigenvalue weighted by Crippen LogP contribution is 2.39. The largest absolute Gasteiger partial charge is 0.492 e. The predicted octanol–water partition coefficient (Wildman–Crippen LogP) is 1.85. The lowest BCUT2D eigenvalue weighted by Crippen LogP contribution is -2.41. The molecule has 0 bridgehead atoms. The standard InChI is InChI=1S/C12H16BFN2O2/c1-11(2)12(3,4)18-13(17-11)8-5-9(14)10(6-15)16-7-8/h5,16H,7H2,1-4H3. The minimum Gasteiger partial charge on any atom is -0.400 e. The van der Waals surface area contributed by atoms with Crippen LogP contribution in [-0.2, 0) is 9.31 Å². The Hall–Kier alpha value is -1.32. The van der Waals surface area contributed by atoms with Crippen molar-refractivity contribution in [2.24, 2.45) is 0 Å². The van der Waals surface area contributed by atoms with E-state index >= 15 is 0 Å². The van der Waals surface area contributed by atoms with Gasteiger partial charge in [-0.25, -0.2) is 4.39 Å². The molecule has 0 aliphatic carbocycles. The van der Waals surface area contributed by atoms with Crippen LogP contribution < -0.4 is 5.32 Å². The van der Waals surface area contributed by atoms with Crippen molar-refractivity contribution in [3.8, 4) is 6.07 Å². The molecule has 0 spiro atoms. The lowest BCUT2D eigenvalue weighted by molar-refractivity contribution is 0.00578. The second kappa shape index (κ2) is 4.11. The quantitative estimate of drug-likeness (QED) is 0.721. The highest BCUT2D eigenvalue weighted by Gasteiger charge is 2.52. The summed E-state index contributed by atoms with van der Waals surface area (Å²) >= 11 is 0. The maximum Gasteiger partial charge on any atom is 0.492 e. The Kier molecular flexibility index (Phi) is 3.00. The fourth-order valence-corrected chi connectivity index (χ4v) is 1.80. The molecule has 2 aliphatic rings. The van der Waals surface area contributed by atoms with Gasteiger partial charge in [-0.05, 0) is 39.2 Å². The molecule has 1 saturated heterocycles. The van der Waals surface area contributed by atoms with Crippen molar-refractivity contribution in [3.63, 3.8) is 0 Å². The highest BCUT2D eigenvalue weighted by atomic mass is 19.1. The van der Waals surface area contributed by atoms with Gasteiger partial charge >= 0.3 is 7.12 Å². The minimum absolute atomic E-state index is 0.0460. The number of nitriles is 1. The van der Waals surface area contributed by atoms with Crippen molar-refractivity contribution in [3.05, 3.63) is 23.1 Å². The van der Waals surface area contributed by atoms with Crippen molar-refractivity contribution in [1.82, 2.24) is 5.32 Å². The maximum atomic E-state index is 13.5. The van der Waals surface area contributed by atoms with Gasteiger partial charge in [-0.2, -0.15) is 5.26 Å². The average molecular weight is 250 g/mol. The minimum atomic E-state index is -0.575. The summed E-state index contributed by atoms with van der Waals surface area (Å²) in [6.45, 7) is 8.12. The summed E-state index contributed by atoms with van der Waals surface area (Å²) in [5, 5.41) is 11.4. The van der Waals surface area contributed by atoms with Gasteiger partial charge in [0.2, 0.25) is 0 Å². The van der Waals surface area contributed by atoms with Gasteiger partial charge in [0.1, 0.15) is 11.8 Å². The molecule has 0 aromatic heterocycles. The molecule has 0 unspecified atom stereocenters. The van der Waals surface area contributed by atoms with Crippen LogP contribution in [-0.4, -0.2) is 24.9 Å². The number of allylic oxidation sites excluding steroid dienone is 3. The molecule has 1 fully saturated rings. The SMILES string of the molecule is CC1(C)OB(C2=CC(F)=C(C#N)NC2)OC1(C)C. The highest BCUT2D eigenvalue weighted by molar-refractivity contribution is 6.55. The fraction of sp³-hybridized carbons (Fsp3) is 0.583. The van der Waals surface area contributed by atoms with Crippen LogP contribution in [0.5, 0.6) is 0 Å². The normalized spacial score (nSPS) is 25.6. The summed E-state index contributed by atoms with van der Waals surface area (Å²) in [6.07, 6.45) is 1.32. The van der Waals surface area contributed by atoms with Crippen molar-refractivity contribution in [2.45, 2.75) is 38.9 Å². The van der Waals surface area contributed by atoms with E-state index < -0.39 is 24.1 Å². The van der Waals surface area contributed by atoms with Crippen LogP contribution >= 0.6 is 0 Å². The van der Waals surface area contributed by atoms with Crippen LogP contribution in [0.15, 0.2) is 23.1 Å². The molecule has 0 saturated carbocycles. The van der Waals surface area contributed by atoms with Gasteiger partial charge < -0.3 is 14.6 Å². The van der Waals surface area contributed by atoms with E-state index in [1.807, 2.05) is 27.7 Å². The maximum absolute atomic E-state index is 13.5. The van der Waals surface area contributed by atoms with Crippen molar-refractivity contribution in [2.75, 3.05) is 6.54 Å². The molecule has 0 aromatic carbocycles. The van der Waals surface area contributed by atoms with Crippen molar-refractivity contribution >= 4 is 7.12 Å². The number of nitrogens with zero attached hydrogens (tertiary/aromatic N) is 1. The third-order valence-electron chi connectivity index (χ3n) is 3.69. The smallest absolute Gasteiger partial charge is 0.400 e. The van der Waals surface area contributed by atoms with Crippen molar-refractivity contribution in [1.29, 1.82) is 5.26 Å². The molecular formula is C12H16BFN2O2. The summed E-state index contributed by atoms with van der Waals surface area (Å²) in [6, 6.07) is 1.76. The topological polar surface area (TPSA) is 54.3 Å². The lowest BCUT2D eigenvalue weighted by Gasteiger charge is -2.32. The van der Waals surface area contributed by atoms with Crippen LogP contribution in [0.1, 0.15) is 27.7 Å². The van der Waals surface area contributed by atoms with E-state index in [-0.39, 0.29) is 5.70 Å². The Bertz CT molecular complexity index is 461. The molecule has 4 nitrogen and oxygen atoms in total. The molecule has 2 aliphatic heterocycles. The summed E-state index contributed by atoms with van der Waals surface area (Å²) in [4.78, 5) is 0. The van der Waals surface area contributed by atoms with E-state index in [0.717, 1.165) is 0 Å². The third kappa shape index (κ3) is 2.04. The first-order valence-corrected chi connectivity index (χ1v) is 5.87. The molecule has 1 N–H and O–H groups in total. The molecule has 2 heterocycles. The van der Waals surface area contributed by atoms with Crippen LogP contribution in [0.25, 0.3) is 0 Å². The second-order valence-electron chi connectivity index (χ2n) is 5.50. The first-order valence-electron chi connectivity index (χ1n) is 5.87. The van der Waals surface area contributed by atoms with Crippen LogP contribution in [0.3, 0.4) is 0 Å². The monoisotopic (exact) mass is 250 g/mol. The van der Waals surface area contributed by atoms with Gasteiger partial charge in [-0.15, -0.1) is 0 Å².